The first-order valence-corrected chi connectivity index (χ1v) is 6.42. The van der Waals surface area contributed by atoms with Gasteiger partial charge < -0.3 is 5.73 Å². The van der Waals surface area contributed by atoms with Gasteiger partial charge in [-0.25, -0.2) is 0 Å². The molecule has 14 heavy (non-hydrogen) atoms. The molecular weight excluding hydrogens is 190 g/mol. The van der Waals surface area contributed by atoms with Crippen LogP contribution in [-0.4, -0.2) is 11.8 Å². The van der Waals surface area contributed by atoms with E-state index < -0.39 is 0 Å². The SMILES string of the molecule is C=CCCCCCCCCC(N)CS. The van der Waals surface area contributed by atoms with E-state index in [1.165, 1.54) is 44.9 Å². The molecule has 0 aliphatic rings. The number of thiol groups is 1. The van der Waals surface area contributed by atoms with Gasteiger partial charge in [0.1, 0.15) is 0 Å². The molecule has 0 bridgehead atoms. The summed E-state index contributed by atoms with van der Waals surface area (Å²) in [5.41, 5.74) is 5.77. The summed E-state index contributed by atoms with van der Waals surface area (Å²) >= 11 is 4.16. The summed E-state index contributed by atoms with van der Waals surface area (Å²) in [5.74, 6) is 0.819. The van der Waals surface area contributed by atoms with Gasteiger partial charge >= 0.3 is 0 Å². The molecule has 0 aliphatic heterocycles. The molecule has 0 amide bonds. The molecule has 0 aromatic heterocycles. The highest BCUT2D eigenvalue weighted by Gasteiger charge is 1.98. The Morgan fingerprint density at radius 2 is 1.64 bits per heavy atom. The number of hydrogen-bond acceptors (Lipinski definition) is 2. The van der Waals surface area contributed by atoms with Crippen LogP contribution in [0.1, 0.15) is 51.4 Å². The first-order valence-electron chi connectivity index (χ1n) is 5.78. The quantitative estimate of drug-likeness (QED) is 0.325. The zero-order valence-corrected chi connectivity index (χ0v) is 10.1. The molecule has 0 radical (unpaired) electrons. The van der Waals surface area contributed by atoms with Crippen molar-refractivity contribution in [3.63, 3.8) is 0 Å². The molecular formula is C12H25NS. The summed E-state index contributed by atoms with van der Waals surface area (Å²) in [5, 5.41) is 0. The van der Waals surface area contributed by atoms with Crippen LogP contribution in [0.4, 0.5) is 0 Å². The van der Waals surface area contributed by atoms with Crippen molar-refractivity contribution in [1.29, 1.82) is 0 Å². The van der Waals surface area contributed by atoms with E-state index in [9.17, 15) is 0 Å². The first-order chi connectivity index (χ1) is 6.81. The van der Waals surface area contributed by atoms with Crippen LogP contribution < -0.4 is 5.73 Å². The Labute approximate surface area is 94.6 Å². The van der Waals surface area contributed by atoms with Crippen molar-refractivity contribution >= 4 is 12.6 Å². The lowest BCUT2D eigenvalue weighted by atomic mass is 10.1. The molecule has 1 nitrogen and oxygen atoms in total. The van der Waals surface area contributed by atoms with E-state index in [0.717, 1.165) is 12.2 Å². The van der Waals surface area contributed by atoms with Crippen LogP contribution in [0, 0.1) is 0 Å². The lowest BCUT2D eigenvalue weighted by molar-refractivity contribution is 0.553. The Bertz CT molecular complexity index is 125. The maximum absolute atomic E-state index is 5.77. The van der Waals surface area contributed by atoms with Crippen molar-refractivity contribution in [3.05, 3.63) is 12.7 Å². The fourth-order valence-electron chi connectivity index (χ4n) is 1.49. The highest BCUT2D eigenvalue weighted by Crippen LogP contribution is 2.09. The summed E-state index contributed by atoms with van der Waals surface area (Å²) in [4.78, 5) is 0. The Morgan fingerprint density at radius 1 is 1.07 bits per heavy atom. The number of allylic oxidation sites excluding steroid dienone is 1. The van der Waals surface area contributed by atoms with E-state index >= 15 is 0 Å². The number of unbranched alkanes of at least 4 members (excludes halogenated alkanes) is 6. The van der Waals surface area contributed by atoms with Gasteiger partial charge in [-0.05, 0) is 19.3 Å². The summed E-state index contributed by atoms with van der Waals surface area (Å²) < 4.78 is 0. The lowest BCUT2D eigenvalue weighted by Crippen LogP contribution is -2.21. The number of rotatable bonds is 10. The molecule has 0 aromatic rings. The Kier molecular flexibility index (Phi) is 11.2. The predicted molar refractivity (Wildman–Crippen MR) is 69.0 cm³/mol. The minimum Gasteiger partial charge on any atom is -0.327 e. The molecule has 2 heteroatoms. The van der Waals surface area contributed by atoms with Crippen molar-refractivity contribution < 1.29 is 0 Å². The zero-order valence-electron chi connectivity index (χ0n) is 9.25. The first kappa shape index (κ1) is 14.1. The normalized spacial score (nSPS) is 12.7. The number of nitrogens with two attached hydrogens (primary N) is 1. The second kappa shape index (κ2) is 11.1. The second-order valence-electron chi connectivity index (χ2n) is 3.93. The van der Waals surface area contributed by atoms with Crippen LogP contribution in [0.3, 0.4) is 0 Å². The van der Waals surface area contributed by atoms with Gasteiger partial charge in [0.25, 0.3) is 0 Å². The van der Waals surface area contributed by atoms with Gasteiger partial charge in [0.05, 0.1) is 0 Å². The minimum absolute atomic E-state index is 0.305. The fraction of sp³-hybridized carbons (Fsp3) is 0.833. The Hall–Kier alpha value is 0.0500. The zero-order chi connectivity index (χ0) is 10.6. The number of hydrogen-bond donors (Lipinski definition) is 2. The monoisotopic (exact) mass is 215 g/mol. The largest absolute Gasteiger partial charge is 0.327 e. The average molecular weight is 215 g/mol. The van der Waals surface area contributed by atoms with E-state index in [1.54, 1.807) is 0 Å². The van der Waals surface area contributed by atoms with Crippen molar-refractivity contribution in [2.24, 2.45) is 5.73 Å². The maximum atomic E-state index is 5.77. The fourth-order valence-corrected chi connectivity index (χ4v) is 1.68. The van der Waals surface area contributed by atoms with E-state index in [4.69, 9.17) is 5.73 Å². The summed E-state index contributed by atoms with van der Waals surface area (Å²) in [6.07, 6.45) is 12.3. The highest BCUT2D eigenvalue weighted by molar-refractivity contribution is 7.80. The summed E-state index contributed by atoms with van der Waals surface area (Å²) in [7, 11) is 0. The molecule has 0 saturated heterocycles. The van der Waals surface area contributed by atoms with Gasteiger partial charge in [-0.15, -0.1) is 6.58 Å². The van der Waals surface area contributed by atoms with Crippen LogP contribution in [0.15, 0.2) is 12.7 Å². The Morgan fingerprint density at radius 3 is 2.21 bits per heavy atom. The summed E-state index contributed by atoms with van der Waals surface area (Å²) in [6, 6.07) is 0.305. The van der Waals surface area contributed by atoms with Crippen LogP contribution >= 0.6 is 12.6 Å². The second-order valence-corrected chi connectivity index (χ2v) is 4.30. The summed E-state index contributed by atoms with van der Waals surface area (Å²) in [6.45, 7) is 3.72. The van der Waals surface area contributed by atoms with Gasteiger partial charge in [0.2, 0.25) is 0 Å². The molecule has 2 N–H and O–H groups in total. The van der Waals surface area contributed by atoms with E-state index in [0.29, 0.717) is 6.04 Å². The Balaban J connectivity index is 2.95. The molecule has 0 aromatic carbocycles. The third-order valence-corrected chi connectivity index (χ3v) is 2.94. The maximum Gasteiger partial charge on any atom is 0.0127 e. The van der Waals surface area contributed by atoms with E-state index in [-0.39, 0.29) is 0 Å². The smallest absolute Gasteiger partial charge is 0.0127 e. The standard InChI is InChI=1S/C12H25NS/c1-2-3-4-5-6-7-8-9-10-12(13)11-14/h2,12,14H,1,3-11,13H2. The third kappa shape index (κ3) is 10.1. The van der Waals surface area contributed by atoms with E-state index in [2.05, 4.69) is 19.2 Å². The molecule has 0 saturated carbocycles. The van der Waals surface area contributed by atoms with Gasteiger partial charge in [0.15, 0.2) is 0 Å². The van der Waals surface area contributed by atoms with Crippen molar-refractivity contribution in [2.75, 3.05) is 5.75 Å². The van der Waals surface area contributed by atoms with Crippen LogP contribution in [0.2, 0.25) is 0 Å². The predicted octanol–water partition coefficient (Wildman–Crippen LogP) is 3.55. The van der Waals surface area contributed by atoms with Gasteiger partial charge in [-0.3, -0.25) is 0 Å². The molecule has 84 valence electrons. The van der Waals surface area contributed by atoms with Gasteiger partial charge in [0, 0.05) is 11.8 Å². The van der Waals surface area contributed by atoms with Crippen molar-refractivity contribution in [1.82, 2.24) is 0 Å². The highest BCUT2D eigenvalue weighted by atomic mass is 32.1. The van der Waals surface area contributed by atoms with Crippen LogP contribution in [-0.2, 0) is 0 Å². The molecule has 0 aliphatic carbocycles. The van der Waals surface area contributed by atoms with Gasteiger partial charge in [-0.2, -0.15) is 12.6 Å². The molecule has 1 unspecified atom stereocenters. The van der Waals surface area contributed by atoms with E-state index in [1.807, 2.05) is 6.08 Å². The molecule has 0 spiro atoms. The third-order valence-electron chi connectivity index (χ3n) is 2.47. The molecule has 1 atom stereocenters. The minimum atomic E-state index is 0.305. The average Bonchev–Trinajstić information content (AvgIpc) is 2.21. The molecule has 0 heterocycles. The van der Waals surface area contributed by atoms with Gasteiger partial charge in [-0.1, -0.05) is 38.2 Å². The van der Waals surface area contributed by atoms with Crippen molar-refractivity contribution in [3.8, 4) is 0 Å². The lowest BCUT2D eigenvalue weighted by Gasteiger charge is -2.07. The molecule has 0 fully saturated rings. The topological polar surface area (TPSA) is 26.0 Å². The van der Waals surface area contributed by atoms with Crippen LogP contribution in [0.5, 0.6) is 0 Å². The van der Waals surface area contributed by atoms with Crippen molar-refractivity contribution in [2.45, 2.75) is 57.4 Å². The molecule has 0 rings (SSSR count). The van der Waals surface area contributed by atoms with Crippen LogP contribution in [0.25, 0.3) is 0 Å².